The molecule has 1 N–H and O–H groups in total. The third-order valence-corrected chi connectivity index (χ3v) is 7.48. The van der Waals surface area contributed by atoms with E-state index in [1.807, 2.05) is 6.07 Å². The van der Waals surface area contributed by atoms with Crippen LogP contribution in [0.5, 0.6) is 5.75 Å². The van der Waals surface area contributed by atoms with Crippen LogP contribution in [0, 0.1) is 0 Å². The number of carbonyl (C=O) groups excluding carboxylic acids is 1. The molecule has 2 aromatic rings. The van der Waals surface area contributed by atoms with E-state index in [0.29, 0.717) is 23.3 Å². The predicted molar refractivity (Wildman–Crippen MR) is 116 cm³/mol. The number of Topliss-reactive ketones (excluding diaryl/α,β-unsaturated/α-hetero) is 1. The molecule has 0 amide bonds. The van der Waals surface area contributed by atoms with Gasteiger partial charge in [0.25, 0.3) is 0 Å². The van der Waals surface area contributed by atoms with Crippen molar-refractivity contribution in [2.45, 2.75) is 37.0 Å². The van der Waals surface area contributed by atoms with Crippen LogP contribution in [0.4, 0.5) is 0 Å². The molecule has 0 atom stereocenters. The molecule has 0 aromatic heterocycles. The van der Waals surface area contributed by atoms with Gasteiger partial charge in [-0.1, -0.05) is 36.4 Å². The highest BCUT2D eigenvalue weighted by atomic mass is 32.2. The zero-order valence-corrected chi connectivity index (χ0v) is 18.1. The summed E-state index contributed by atoms with van der Waals surface area (Å²) in [6, 6.07) is 15.6. The Kier molecular flexibility index (Phi) is 5.95. The second-order valence-corrected chi connectivity index (χ2v) is 10.2. The molecule has 0 radical (unpaired) electrons. The number of ether oxygens (including phenoxy) is 1. The first-order valence-corrected chi connectivity index (χ1v) is 12.1. The number of sulfonamides is 1. The summed E-state index contributed by atoms with van der Waals surface area (Å²) in [5.41, 5.74) is 1.99. The van der Waals surface area contributed by atoms with E-state index >= 15 is 0 Å². The Morgan fingerprint density at radius 2 is 1.80 bits per heavy atom. The second-order valence-electron chi connectivity index (χ2n) is 8.26. The summed E-state index contributed by atoms with van der Waals surface area (Å²) < 4.78 is 32.3. The molecule has 0 unspecified atom stereocenters. The SMILES string of the molecule is CNS(=O)(=O)Cc1ccc2c(c1)C(=O)CC1(CCN(CCc3ccccc3)CC1)O2. The van der Waals surface area contributed by atoms with Crippen molar-refractivity contribution >= 4 is 15.8 Å². The van der Waals surface area contributed by atoms with E-state index in [0.717, 1.165) is 38.9 Å². The lowest BCUT2D eigenvalue weighted by atomic mass is 9.82. The fraction of sp³-hybridized carbons (Fsp3) is 0.435. The molecule has 0 bridgehead atoms. The number of piperidine rings is 1. The first kappa shape index (κ1) is 21.0. The number of benzene rings is 2. The van der Waals surface area contributed by atoms with Crippen LogP contribution in [0.1, 0.15) is 40.7 Å². The maximum Gasteiger partial charge on any atom is 0.215 e. The zero-order valence-electron chi connectivity index (χ0n) is 17.3. The Balaban J connectivity index is 1.39. The van der Waals surface area contributed by atoms with Gasteiger partial charge in [0, 0.05) is 32.5 Å². The summed E-state index contributed by atoms with van der Waals surface area (Å²) in [4.78, 5) is 15.3. The maximum atomic E-state index is 12.9. The quantitative estimate of drug-likeness (QED) is 0.766. The molecule has 0 saturated carbocycles. The Morgan fingerprint density at radius 3 is 2.50 bits per heavy atom. The highest BCUT2D eigenvalue weighted by Gasteiger charge is 2.42. The molecule has 6 nitrogen and oxygen atoms in total. The van der Waals surface area contributed by atoms with Crippen molar-refractivity contribution in [3.05, 3.63) is 65.2 Å². The molecule has 2 heterocycles. The van der Waals surface area contributed by atoms with Crippen molar-refractivity contribution in [2.24, 2.45) is 0 Å². The molecule has 2 aliphatic heterocycles. The van der Waals surface area contributed by atoms with Crippen LogP contribution in [-0.4, -0.2) is 51.4 Å². The molecule has 1 spiro atoms. The molecular formula is C23H28N2O4S. The van der Waals surface area contributed by atoms with Gasteiger partial charge in [0.2, 0.25) is 10.0 Å². The minimum Gasteiger partial charge on any atom is -0.486 e. The lowest BCUT2D eigenvalue weighted by Gasteiger charge is -2.44. The molecule has 0 aliphatic carbocycles. The third-order valence-electron chi connectivity index (χ3n) is 6.15. The van der Waals surface area contributed by atoms with E-state index in [2.05, 4.69) is 33.9 Å². The van der Waals surface area contributed by atoms with E-state index in [1.54, 1.807) is 18.2 Å². The summed E-state index contributed by atoms with van der Waals surface area (Å²) in [5, 5.41) is 0. The van der Waals surface area contributed by atoms with E-state index in [9.17, 15) is 13.2 Å². The zero-order chi connectivity index (χ0) is 21.2. The van der Waals surface area contributed by atoms with E-state index in [1.165, 1.54) is 12.6 Å². The number of rotatable bonds is 6. The summed E-state index contributed by atoms with van der Waals surface area (Å²) in [6.07, 6.45) is 3.02. The van der Waals surface area contributed by atoms with Gasteiger partial charge in [-0.3, -0.25) is 4.79 Å². The molecule has 2 aromatic carbocycles. The fourth-order valence-corrected chi connectivity index (χ4v) is 5.08. The largest absolute Gasteiger partial charge is 0.486 e. The number of nitrogens with one attached hydrogen (secondary N) is 1. The van der Waals surface area contributed by atoms with Gasteiger partial charge in [0.05, 0.1) is 17.7 Å². The van der Waals surface area contributed by atoms with E-state index < -0.39 is 15.6 Å². The van der Waals surface area contributed by atoms with Crippen molar-refractivity contribution in [3.8, 4) is 5.75 Å². The van der Waals surface area contributed by atoms with Crippen molar-refractivity contribution in [1.82, 2.24) is 9.62 Å². The van der Waals surface area contributed by atoms with E-state index in [-0.39, 0.29) is 11.5 Å². The van der Waals surface area contributed by atoms with Gasteiger partial charge in [-0.25, -0.2) is 13.1 Å². The van der Waals surface area contributed by atoms with Crippen molar-refractivity contribution < 1.29 is 17.9 Å². The standard InChI is InChI=1S/C23H28N2O4S/c1-24-30(27,28)17-19-7-8-22-20(15-19)21(26)16-23(29-22)10-13-25(14-11-23)12-9-18-5-3-2-4-6-18/h2-8,15,24H,9-14,16-17H2,1H3. The monoisotopic (exact) mass is 428 g/mol. The number of fused-ring (bicyclic) bond motifs is 1. The normalized spacial score (nSPS) is 18.8. The highest BCUT2D eigenvalue weighted by Crippen LogP contribution is 2.39. The lowest BCUT2D eigenvalue weighted by Crippen LogP contribution is -2.51. The molecule has 1 fully saturated rings. The van der Waals surface area contributed by atoms with Crippen LogP contribution >= 0.6 is 0 Å². The summed E-state index contributed by atoms with van der Waals surface area (Å²) >= 11 is 0. The molecule has 160 valence electrons. The summed E-state index contributed by atoms with van der Waals surface area (Å²) in [7, 11) is -2.00. The van der Waals surface area contributed by atoms with Crippen molar-refractivity contribution in [2.75, 3.05) is 26.7 Å². The molecule has 30 heavy (non-hydrogen) atoms. The highest BCUT2D eigenvalue weighted by molar-refractivity contribution is 7.88. The Morgan fingerprint density at radius 1 is 1.07 bits per heavy atom. The Bertz CT molecular complexity index is 1010. The predicted octanol–water partition coefficient (Wildman–Crippen LogP) is 2.78. The van der Waals surface area contributed by atoms with Crippen LogP contribution in [0.2, 0.25) is 0 Å². The molecule has 4 rings (SSSR count). The van der Waals surface area contributed by atoms with Gasteiger partial charge in [-0.05, 0) is 36.7 Å². The van der Waals surface area contributed by atoms with Crippen molar-refractivity contribution in [1.29, 1.82) is 0 Å². The van der Waals surface area contributed by atoms with Gasteiger partial charge in [-0.2, -0.15) is 0 Å². The topological polar surface area (TPSA) is 75.7 Å². The molecule has 1 saturated heterocycles. The summed E-state index contributed by atoms with van der Waals surface area (Å²) in [5.74, 6) is 0.471. The first-order chi connectivity index (χ1) is 14.4. The van der Waals surface area contributed by atoms with Crippen LogP contribution < -0.4 is 9.46 Å². The molecular weight excluding hydrogens is 400 g/mol. The minimum absolute atomic E-state index is 0.0395. The van der Waals surface area contributed by atoms with Gasteiger partial charge >= 0.3 is 0 Å². The van der Waals surface area contributed by atoms with Crippen molar-refractivity contribution in [3.63, 3.8) is 0 Å². The minimum atomic E-state index is -3.38. The Labute approximate surface area is 178 Å². The number of hydrogen-bond acceptors (Lipinski definition) is 5. The van der Waals surface area contributed by atoms with Crippen LogP contribution in [0.3, 0.4) is 0 Å². The van der Waals surface area contributed by atoms with Gasteiger partial charge in [-0.15, -0.1) is 0 Å². The van der Waals surface area contributed by atoms with Gasteiger partial charge in [0.15, 0.2) is 5.78 Å². The molecule has 2 aliphatic rings. The number of likely N-dealkylation sites (tertiary alicyclic amines) is 1. The first-order valence-electron chi connectivity index (χ1n) is 10.4. The van der Waals surface area contributed by atoms with Gasteiger partial charge < -0.3 is 9.64 Å². The van der Waals surface area contributed by atoms with Gasteiger partial charge in [0.1, 0.15) is 11.4 Å². The van der Waals surface area contributed by atoms with Crippen LogP contribution in [0.25, 0.3) is 0 Å². The third kappa shape index (κ3) is 4.74. The fourth-order valence-electron chi connectivity index (χ4n) is 4.32. The average molecular weight is 429 g/mol. The molecule has 7 heteroatoms. The average Bonchev–Trinajstić information content (AvgIpc) is 2.74. The second kappa shape index (κ2) is 8.49. The number of ketones is 1. The lowest BCUT2D eigenvalue weighted by molar-refractivity contribution is -0.00868. The van der Waals surface area contributed by atoms with Crippen LogP contribution in [0.15, 0.2) is 48.5 Å². The van der Waals surface area contributed by atoms with Crippen LogP contribution in [-0.2, 0) is 22.2 Å². The number of carbonyl (C=O) groups is 1. The number of nitrogens with zero attached hydrogens (tertiary/aromatic N) is 1. The Hall–Kier alpha value is -2.22. The number of hydrogen-bond donors (Lipinski definition) is 1. The summed E-state index contributed by atoms with van der Waals surface area (Å²) in [6.45, 7) is 2.83. The smallest absolute Gasteiger partial charge is 0.215 e. The van der Waals surface area contributed by atoms with E-state index in [4.69, 9.17) is 4.74 Å². The maximum absolute atomic E-state index is 12.9.